The predicted molar refractivity (Wildman–Crippen MR) is 78.6 cm³/mol. The summed E-state index contributed by atoms with van der Waals surface area (Å²) in [5.41, 5.74) is -0.641. The summed E-state index contributed by atoms with van der Waals surface area (Å²) in [7, 11) is 0. The molecule has 1 heterocycles. The summed E-state index contributed by atoms with van der Waals surface area (Å²) in [6, 6.07) is 2.68. The number of benzene rings is 1. The van der Waals surface area contributed by atoms with Crippen LogP contribution < -0.4 is 0 Å². The molecule has 1 N–H and O–H groups in total. The van der Waals surface area contributed by atoms with Gasteiger partial charge < -0.3 is 10.0 Å². The topological polar surface area (TPSA) is 101 Å². The van der Waals surface area contributed by atoms with E-state index in [0.717, 1.165) is 31.0 Å². The number of carboxylic acids is 1. The van der Waals surface area contributed by atoms with Crippen LogP contribution >= 0.6 is 0 Å². The number of carboxylic acid groups (broad SMARTS) is 1. The normalized spacial score (nSPS) is 17.8. The van der Waals surface area contributed by atoms with E-state index in [9.17, 15) is 24.1 Å². The van der Waals surface area contributed by atoms with Crippen molar-refractivity contribution in [1.29, 1.82) is 0 Å². The molecule has 0 bridgehead atoms. The lowest BCUT2D eigenvalue weighted by Gasteiger charge is -2.35. The molecule has 1 fully saturated rings. The first-order chi connectivity index (χ1) is 10.9. The summed E-state index contributed by atoms with van der Waals surface area (Å²) >= 11 is 0. The maximum absolute atomic E-state index is 14.0. The van der Waals surface area contributed by atoms with Crippen LogP contribution in [0.15, 0.2) is 18.2 Å². The predicted octanol–water partition coefficient (Wildman–Crippen LogP) is 2.59. The molecular formula is C15H17FN2O5. The molecule has 8 heteroatoms. The van der Waals surface area contributed by atoms with Crippen molar-refractivity contribution in [2.45, 2.75) is 38.1 Å². The Hall–Kier alpha value is -2.51. The summed E-state index contributed by atoms with van der Waals surface area (Å²) in [4.78, 5) is 34.6. The minimum Gasteiger partial charge on any atom is -0.481 e. The number of non-ortho nitro benzene ring substituents is 1. The summed E-state index contributed by atoms with van der Waals surface area (Å²) in [6.07, 6.45) is 2.58. The lowest BCUT2D eigenvalue weighted by atomic mass is 9.96. The van der Waals surface area contributed by atoms with Gasteiger partial charge in [-0.25, -0.2) is 4.39 Å². The van der Waals surface area contributed by atoms with Gasteiger partial charge in [-0.3, -0.25) is 19.7 Å². The number of carbonyl (C=O) groups is 2. The smallest absolute Gasteiger partial charge is 0.303 e. The van der Waals surface area contributed by atoms with Gasteiger partial charge in [-0.1, -0.05) is 0 Å². The minimum atomic E-state index is -0.940. The number of hydrogen-bond acceptors (Lipinski definition) is 4. The highest BCUT2D eigenvalue weighted by atomic mass is 19.1. The number of aliphatic carboxylic acids is 1. The Balaban J connectivity index is 2.19. The van der Waals surface area contributed by atoms with Crippen molar-refractivity contribution in [2.24, 2.45) is 0 Å². The van der Waals surface area contributed by atoms with Gasteiger partial charge in [0, 0.05) is 25.1 Å². The fourth-order valence-electron chi connectivity index (χ4n) is 2.80. The summed E-state index contributed by atoms with van der Waals surface area (Å²) in [5.74, 6) is -2.43. The van der Waals surface area contributed by atoms with Crippen molar-refractivity contribution in [1.82, 2.24) is 4.90 Å². The number of carbonyl (C=O) groups excluding carboxylic acids is 1. The van der Waals surface area contributed by atoms with Crippen LogP contribution in [-0.2, 0) is 4.79 Å². The third-order valence-corrected chi connectivity index (χ3v) is 3.97. The molecule has 0 spiro atoms. The van der Waals surface area contributed by atoms with Gasteiger partial charge in [-0.05, 0) is 31.7 Å². The molecule has 1 atom stereocenters. The molecule has 1 saturated heterocycles. The van der Waals surface area contributed by atoms with Gasteiger partial charge in [0.2, 0.25) is 0 Å². The van der Waals surface area contributed by atoms with Crippen LogP contribution in [-0.4, -0.2) is 39.4 Å². The van der Waals surface area contributed by atoms with Crippen molar-refractivity contribution < 1.29 is 24.0 Å². The highest BCUT2D eigenvalue weighted by Gasteiger charge is 2.29. The zero-order valence-electron chi connectivity index (χ0n) is 12.4. The van der Waals surface area contributed by atoms with E-state index in [1.54, 1.807) is 0 Å². The van der Waals surface area contributed by atoms with Crippen LogP contribution in [0.2, 0.25) is 0 Å². The Kier molecular flexibility index (Phi) is 5.25. The number of amides is 1. The van der Waals surface area contributed by atoms with Gasteiger partial charge in [0.15, 0.2) is 0 Å². The van der Waals surface area contributed by atoms with Gasteiger partial charge in [-0.2, -0.15) is 0 Å². The summed E-state index contributed by atoms with van der Waals surface area (Å²) in [6.45, 7) is 0.430. The van der Waals surface area contributed by atoms with Crippen molar-refractivity contribution in [3.05, 3.63) is 39.7 Å². The SMILES string of the molecule is O=C(O)CCC1CCCCN1C(=O)c1ccc([N+](=O)[O-])cc1F. The Labute approximate surface area is 131 Å². The number of nitro benzene ring substituents is 1. The van der Waals surface area contributed by atoms with Crippen molar-refractivity contribution in [3.63, 3.8) is 0 Å². The van der Waals surface area contributed by atoms with E-state index in [4.69, 9.17) is 5.11 Å². The third kappa shape index (κ3) is 4.02. The van der Waals surface area contributed by atoms with E-state index in [-0.39, 0.29) is 18.0 Å². The maximum Gasteiger partial charge on any atom is 0.303 e. The minimum absolute atomic E-state index is 0.0583. The highest BCUT2D eigenvalue weighted by molar-refractivity contribution is 5.95. The molecule has 7 nitrogen and oxygen atoms in total. The molecule has 124 valence electrons. The number of hydrogen-bond donors (Lipinski definition) is 1. The van der Waals surface area contributed by atoms with E-state index in [1.807, 2.05) is 0 Å². The molecule has 1 amide bonds. The highest BCUT2D eigenvalue weighted by Crippen LogP contribution is 2.25. The quantitative estimate of drug-likeness (QED) is 0.662. The Bertz CT molecular complexity index is 634. The van der Waals surface area contributed by atoms with Gasteiger partial charge in [0.05, 0.1) is 16.6 Å². The van der Waals surface area contributed by atoms with Crippen molar-refractivity contribution >= 4 is 17.6 Å². The van der Waals surface area contributed by atoms with Crippen LogP contribution in [0.25, 0.3) is 0 Å². The van der Waals surface area contributed by atoms with Gasteiger partial charge in [-0.15, -0.1) is 0 Å². The second-order valence-corrected chi connectivity index (χ2v) is 5.50. The van der Waals surface area contributed by atoms with E-state index in [0.29, 0.717) is 19.4 Å². The molecule has 0 aliphatic carbocycles. The van der Waals surface area contributed by atoms with Crippen LogP contribution in [0.3, 0.4) is 0 Å². The Morgan fingerprint density at radius 2 is 2.13 bits per heavy atom. The molecule has 1 aromatic carbocycles. The fraction of sp³-hybridized carbons (Fsp3) is 0.467. The second kappa shape index (κ2) is 7.17. The number of halogens is 1. The molecule has 1 aliphatic rings. The maximum atomic E-state index is 14.0. The van der Waals surface area contributed by atoms with Gasteiger partial charge in [0.1, 0.15) is 5.82 Å². The van der Waals surface area contributed by atoms with Crippen LogP contribution in [0.1, 0.15) is 42.5 Å². The molecule has 1 aromatic rings. The van der Waals surface area contributed by atoms with Crippen LogP contribution in [0.4, 0.5) is 10.1 Å². The molecule has 0 aromatic heterocycles. The first kappa shape index (κ1) is 16.9. The summed E-state index contributed by atoms with van der Waals surface area (Å²) in [5, 5.41) is 19.4. The molecule has 0 radical (unpaired) electrons. The monoisotopic (exact) mass is 324 g/mol. The van der Waals surface area contributed by atoms with Gasteiger partial charge in [0.25, 0.3) is 11.6 Å². The number of rotatable bonds is 5. The number of nitrogens with zero attached hydrogens (tertiary/aromatic N) is 2. The Morgan fingerprint density at radius 3 is 2.74 bits per heavy atom. The van der Waals surface area contributed by atoms with Gasteiger partial charge >= 0.3 is 5.97 Å². The molecule has 1 unspecified atom stereocenters. The molecular weight excluding hydrogens is 307 g/mol. The van der Waals surface area contributed by atoms with Crippen molar-refractivity contribution in [2.75, 3.05) is 6.54 Å². The van der Waals surface area contributed by atoms with E-state index < -0.39 is 28.3 Å². The Morgan fingerprint density at radius 1 is 1.39 bits per heavy atom. The largest absolute Gasteiger partial charge is 0.481 e. The first-order valence-electron chi connectivity index (χ1n) is 7.37. The standard InChI is InChI=1S/C15H17FN2O5/c16-13-9-11(18(22)23)4-6-12(13)15(21)17-8-2-1-3-10(17)5-7-14(19)20/h4,6,9-10H,1-3,5,7-8H2,(H,19,20). The van der Waals surface area contributed by atoms with E-state index in [1.165, 1.54) is 4.90 Å². The fourth-order valence-corrected chi connectivity index (χ4v) is 2.80. The lowest BCUT2D eigenvalue weighted by molar-refractivity contribution is -0.385. The summed E-state index contributed by atoms with van der Waals surface area (Å²) < 4.78 is 14.0. The zero-order chi connectivity index (χ0) is 17.0. The number of likely N-dealkylation sites (tertiary alicyclic amines) is 1. The lowest BCUT2D eigenvalue weighted by Crippen LogP contribution is -2.44. The van der Waals surface area contributed by atoms with E-state index >= 15 is 0 Å². The van der Waals surface area contributed by atoms with Crippen LogP contribution in [0.5, 0.6) is 0 Å². The third-order valence-electron chi connectivity index (χ3n) is 3.97. The zero-order valence-corrected chi connectivity index (χ0v) is 12.4. The average Bonchev–Trinajstić information content (AvgIpc) is 2.52. The van der Waals surface area contributed by atoms with E-state index in [2.05, 4.69) is 0 Å². The molecule has 1 aliphatic heterocycles. The van der Waals surface area contributed by atoms with Crippen LogP contribution in [0, 0.1) is 15.9 Å². The number of nitro groups is 1. The van der Waals surface area contributed by atoms with Crippen molar-refractivity contribution in [3.8, 4) is 0 Å². The molecule has 2 rings (SSSR count). The molecule has 0 saturated carbocycles. The number of piperidine rings is 1. The average molecular weight is 324 g/mol. The molecule has 23 heavy (non-hydrogen) atoms. The first-order valence-corrected chi connectivity index (χ1v) is 7.37. The second-order valence-electron chi connectivity index (χ2n) is 5.50.